The summed E-state index contributed by atoms with van der Waals surface area (Å²) in [4.78, 5) is 16.9. The molecule has 2 saturated carbocycles. The van der Waals surface area contributed by atoms with Crippen LogP contribution in [0.3, 0.4) is 0 Å². The van der Waals surface area contributed by atoms with Crippen LogP contribution in [0.5, 0.6) is 0 Å². The minimum atomic E-state index is -1.08. The molecule has 6 rings (SSSR count). The Balaban J connectivity index is 1.28. The molecule has 1 heterocycles. The second kappa shape index (κ2) is 13.2. The van der Waals surface area contributed by atoms with Crippen molar-refractivity contribution in [3.8, 4) is 11.1 Å². The highest BCUT2D eigenvalue weighted by Crippen LogP contribution is 2.37. The van der Waals surface area contributed by atoms with Crippen LogP contribution in [0.2, 0.25) is 0 Å². The molecule has 3 aromatic carbocycles. The highest BCUT2D eigenvalue weighted by Gasteiger charge is 2.32. The van der Waals surface area contributed by atoms with Crippen molar-refractivity contribution in [2.75, 3.05) is 29.6 Å². The minimum absolute atomic E-state index is 0.000727. The lowest BCUT2D eigenvalue weighted by Crippen LogP contribution is -2.40. The first kappa shape index (κ1) is 28.6. The molecule has 2 fully saturated rings. The summed E-state index contributed by atoms with van der Waals surface area (Å²) >= 11 is 1.88. The van der Waals surface area contributed by atoms with Crippen LogP contribution in [-0.2, 0) is 9.53 Å². The predicted octanol–water partition coefficient (Wildman–Crippen LogP) is 8.57. The number of carbonyl (C=O) groups excluding carboxylic acids is 1. The van der Waals surface area contributed by atoms with Gasteiger partial charge in [0.1, 0.15) is 5.76 Å². The van der Waals surface area contributed by atoms with Crippen LogP contribution in [0.1, 0.15) is 68.7 Å². The number of nitrogens with zero attached hydrogens (tertiary/aromatic N) is 1. The van der Waals surface area contributed by atoms with Crippen LogP contribution in [0.15, 0.2) is 89.0 Å². The number of hydrogen-bond donors (Lipinski definition) is 2. The lowest BCUT2D eigenvalue weighted by atomic mass is 9.88. The van der Waals surface area contributed by atoms with E-state index in [4.69, 9.17) is 4.74 Å². The first-order valence-corrected chi connectivity index (χ1v) is 16.3. The molecule has 1 amide bonds. The molecule has 1 aliphatic heterocycles. The molecule has 2 aliphatic carbocycles. The van der Waals surface area contributed by atoms with Crippen molar-refractivity contribution in [1.82, 2.24) is 0 Å². The molecule has 0 aromatic heterocycles. The molecule has 3 aromatic rings. The van der Waals surface area contributed by atoms with Crippen molar-refractivity contribution in [3.05, 3.63) is 95.3 Å². The van der Waals surface area contributed by atoms with Gasteiger partial charge in [-0.05, 0) is 84.7 Å². The van der Waals surface area contributed by atoms with Gasteiger partial charge < -0.3 is 15.2 Å². The zero-order valence-electron chi connectivity index (χ0n) is 24.4. The van der Waals surface area contributed by atoms with Crippen LogP contribution < -0.4 is 10.2 Å². The maximum absolute atomic E-state index is 14.0. The van der Waals surface area contributed by atoms with Crippen LogP contribution >= 0.6 is 11.8 Å². The number of carbonyl (C=O) groups is 1. The Labute approximate surface area is 253 Å². The van der Waals surface area contributed by atoms with E-state index in [1.807, 2.05) is 72.4 Å². The van der Waals surface area contributed by atoms with E-state index in [0.717, 1.165) is 73.3 Å². The van der Waals surface area contributed by atoms with E-state index in [1.165, 1.54) is 29.0 Å². The number of fused-ring (bicyclic) bond motifs is 1. The van der Waals surface area contributed by atoms with E-state index in [-0.39, 0.29) is 11.8 Å². The van der Waals surface area contributed by atoms with E-state index in [2.05, 4.69) is 23.5 Å². The van der Waals surface area contributed by atoms with Gasteiger partial charge in [0, 0.05) is 40.0 Å². The maximum Gasteiger partial charge on any atom is 0.232 e. The molecule has 3 aliphatic rings. The highest BCUT2D eigenvalue weighted by molar-refractivity contribution is 7.99. The molecule has 6 heteroatoms. The van der Waals surface area contributed by atoms with Crippen LogP contribution in [0.25, 0.3) is 17.2 Å². The lowest BCUT2D eigenvalue weighted by Gasteiger charge is -2.33. The Hall–Kier alpha value is -3.48. The summed E-state index contributed by atoms with van der Waals surface area (Å²) in [5, 5.41) is 15.2. The zero-order chi connectivity index (χ0) is 28.9. The Morgan fingerprint density at radius 3 is 2.52 bits per heavy atom. The molecule has 1 atom stereocenters. The summed E-state index contributed by atoms with van der Waals surface area (Å²) in [5.74, 6) is 1.92. The first-order valence-electron chi connectivity index (χ1n) is 15.3. The van der Waals surface area contributed by atoms with Gasteiger partial charge in [0.05, 0.1) is 7.11 Å². The second-order valence-corrected chi connectivity index (χ2v) is 12.6. The van der Waals surface area contributed by atoms with Crippen molar-refractivity contribution < 1.29 is 14.6 Å². The Morgan fingerprint density at radius 2 is 1.79 bits per heavy atom. The van der Waals surface area contributed by atoms with Gasteiger partial charge in [-0.15, -0.1) is 11.8 Å². The summed E-state index contributed by atoms with van der Waals surface area (Å²) in [6.07, 6.45) is 11.4. The van der Waals surface area contributed by atoms with Gasteiger partial charge in [0.25, 0.3) is 0 Å². The van der Waals surface area contributed by atoms with Gasteiger partial charge in [-0.1, -0.05) is 67.8 Å². The van der Waals surface area contributed by atoms with E-state index >= 15 is 0 Å². The fourth-order valence-electron chi connectivity index (χ4n) is 6.13. The number of allylic oxidation sites excluding steroid dienone is 2. The largest absolute Gasteiger partial charge is 0.497 e. The third-order valence-corrected chi connectivity index (χ3v) is 9.79. The van der Waals surface area contributed by atoms with Crippen LogP contribution in [0.4, 0.5) is 11.4 Å². The normalized spacial score (nSPS) is 17.6. The van der Waals surface area contributed by atoms with Crippen molar-refractivity contribution in [1.29, 1.82) is 0 Å². The van der Waals surface area contributed by atoms with E-state index in [9.17, 15) is 9.90 Å². The number of nitrogens with one attached hydrogen (secondary N) is 1. The molecule has 5 nitrogen and oxygen atoms in total. The topological polar surface area (TPSA) is 61.8 Å². The predicted molar refractivity (Wildman–Crippen MR) is 173 cm³/mol. The first-order chi connectivity index (χ1) is 20.6. The quantitative estimate of drug-likeness (QED) is 0.206. The van der Waals surface area contributed by atoms with Gasteiger partial charge in [-0.25, -0.2) is 0 Å². The Morgan fingerprint density at radius 1 is 1.00 bits per heavy atom. The average Bonchev–Trinajstić information content (AvgIpc) is 3.02. The van der Waals surface area contributed by atoms with Gasteiger partial charge in [-0.3, -0.25) is 9.69 Å². The number of hydrogen-bond acceptors (Lipinski definition) is 5. The van der Waals surface area contributed by atoms with Gasteiger partial charge in [0.15, 0.2) is 6.23 Å². The summed E-state index contributed by atoms with van der Waals surface area (Å²) in [5.41, 5.74) is 7.15. The fourth-order valence-corrected chi connectivity index (χ4v) is 7.06. The number of thioether (sulfide) groups is 1. The van der Waals surface area contributed by atoms with Crippen LogP contribution in [0, 0.1) is 5.92 Å². The number of rotatable bonds is 8. The standard InChI is InChI=1S/C36H40N2O3S/c1-41-33(27-10-6-11-27)20-13-25-7-5-12-31(23-25)38(35(39)28-8-3-2-4-9-28)36(40)29-16-14-26(15-17-29)30-18-19-32-34(24-30)42-22-21-37-32/h5,7,12-20,23-24,28,36-37,40H,2-4,6,8-11,21-22H2,1H3/b20-13+. The maximum atomic E-state index is 14.0. The summed E-state index contributed by atoms with van der Waals surface area (Å²) in [6.45, 7) is 0.991. The molecule has 0 saturated heterocycles. The van der Waals surface area contributed by atoms with Crippen molar-refractivity contribution >= 4 is 35.1 Å². The van der Waals surface area contributed by atoms with Gasteiger partial charge in [0.2, 0.25) is 5.91 Å². The monoisotopic (exact) mass is 580 g/mol. The molecule has 0 bridgehead atoms. The van der Waals surface area contributed by atoms with Crippen LogP contribution in [-0.4, -0.2) is 30.4 Å². The lowest BCUT2D eigenvalue weighted by molar-refractivity contribution is -0.125. The minimum Gasteiger partial charge on any atom is -0.497 e. The number of aliphatic hydroxyl groups excluding tert-OH is 1. The molecule has 42 heavy (non-hydrogen) atoms. The number of amides is 1. The Kier molecular flexibility index (Phi) is 9.01. The van der Waals surface area contributed by atoms with Gasteiger partial charge in [-0.2, -0.15) is 0 Å². The third kappa shape index (κ3) is 6.30. The smallest absolute Gasteiger partial charge is 0.232 e. The molecular weight excluding hydrogens is 540 g/mol. The molecule has 218 valence electrons. The van der Waals surface area contributed by atoms with E-state index in [0.29, 0.717) is 11.3 Å². The highest BCUT2D eigenvalue weighted by atomic mass is 32.2. The SMILES string of the molecule is COC(/C=C/c1cccc(N(C(=O)C2CCCCC2)C(O)c2ccc(-c3ccc4c(c3)SCCN4)cc2)c1)=C1CCC1. The number of anilines is 2. The Bertz CT molecular complexity index is 1470. The molecule has 0 spiro atoms. The summed E-state index contributed by atoms with van der Waals surface area (Å²) in [6, 6.07) is 22.4. The van der Waals surface area contributed by atoms with E-state index in [1.54, 1.807) is 12.0 Å². The number of methoxy groups -OCH3 is 1. The number of ether oxygens (including phenoxy) is 1. The molecule has 0 radical (unpaired) electrons. The number of aliphatic hydroxyl groups is 1. The van der Waals surface area contributed by atoms with Crippen molar-refractivity contribution in [2.24, 2.45) is 5.92 Å². The third-order valence-electron chi connectivity index (χ3n) is 8.74. The van der Waals surface area contributed by atoms with Crippen molar-refractivity contribution in [3.63, 3.8) is 0 Å². The number of benzene rings is 3. The summed E-state index contributed by atoms with van der Waals surface area (Å²) in [7, 11) is 1.72. The zero-order valence-corrected chi connectivity index (χ0v) is 25.2. The molecule has 2 N–H and O–H groups in total. The second-order valence-electron chi connectivity index (χ2n) is 11.5. The molecular formula is C36H40N2O3S. The fraction of sp³-hybridized carbons (Fsp3) is 0.361. The molecule has 1 unspecified atom stereocenters. The summed E-state index contributed by atoms with van der Waals surface area (Å²) < 4.78 is 5.62. The average molecular weight is 581 g/mol. The van der Waals surface area contributed by atoms with Gasteiger partial charge >= 0.3 is 0 Å². The van der Waals surface area contributed by atoms with Crippen molar-refractivity contribution in [2.45, 2.75) is 62.5 Å². The van der Waals surface area contributed by atoms with E-state index < -0.39 is 6.23 Å².